The monoisotopic (exact) mass is 253 g/mol. The summed E-state index contributed by atoms with van der Waals surface area (Å²) in [6, 6.07) is 0.284. The second-order valence-corrected chi connectivity index (χ2v) is 4.63. The molecule has 1 fully saturated rings. The fourth-order valence-corrected chi connectivity index (χ4v) is 2.75. The standard InChI is InChI=1S/C13H23N3O2/c1-4-16-13(11(17-3)9-15-16)12(14-2)10-5-7-18-8-6-10/h9-10,12,14H,4-8H2,1-3H3. The molecule has 1 atom stereocenters. The number of nitrogens with zero attached hydrogens (tertiary/aromatic N) is 2. The zero-order chi connectivity index (χ0) is 13.0. The van der Waals surface area contributed by atoms with Crippen molar-refractivity contribution < 1.29 is 9.47 Å². The fraction of sp³-hybridized carbons (Fsp3) is 0.769. The first-order valence-electron chi connectivity index (χ1n) is 6.66. The van der Waals surface area contributed by atoms with Gasteiger partial charge in [0.15, 0.2) is 5.75 Å². The topological polar surface area (TPSA) is 48.3 Å². The Kier molecular flexibility index (Phi) is 4.60. The van der Waals surface area contributed by atoms with Gasteiger partial charge in [0, 0.05) is 19.8 Å². The highest BCUT2D eigenvalue weighted by atomic mass is 16.5. The second kappa shape index (κ2) is 6.20. The van der Waals surface area contributed by atoms with E-state index in [1.807, 2.05) is 17.9 Å². The Morgan fingerprint density at radius 3 is 2.83 bits per heavy atom. The lowest BCUT2D eigenvalue weighted by atomic mass is 9.89. The van der Waals surface area contributed by atoms with E-state index in [0.717, 1.165) is 44.0 Å². The van der Waals surface area contributed by atoms with Gasteiger partial charge in [-0.15, -0.1) is 0 Å². The Labute approximate surface area is 108 Å². The third-order valence-corrected chi connectivity index (χ3v) is 3.71. The molecule has 0 aliphatic carbocycles. The Bertz CT molecular complexity index is 351. The minimum absolute atomic E-state index is 0.284. The number of aromatic nitrogens is 2. The minimum atomic E-state index is 0.284. The van der Waals surface area contributed by atoms with E-state index in [2.05, 4.69) is 17.3 Å². The lowest BCUT2D eigenvalue weighted by molar-refractivity contribution is 0.0531. The highest BCUT2D eigenvalue weighted by molar-refractivity contribution is 5.29. The van der Waals surface area contributed by atoms with Crippen LogP contribution in [0.3, 0.4) is 0 Å². The second-order valence-electron chi connectivity index (χ2n) is 4.63. The molecule has 1 unspecified atom stereocenters. The molecule has 5 heteroatoms. The van der Waals surface area contributed by atoms with E-state index in [4.69, 9.17) is 9.47 Å². The molecule has 1 saturated heterocycles. The van der Waals surface area contributed by atoms with Gasteiger partial charge in [-0.2, -0.15) is 5.10 Å². The van der Waals surface area contributed by atoms with Crippen LogP contribution in [0.5, 0.6) is 5.75 Å². The number of rotatable bonds is 5. The molecule has 18 heavy (non-hydrogen) atoms. The third-order valence-electron chi connectivity index (χ3n) is 3.71. The van der Waals surface area contributed by atoms with Crippen LogP contribution >= 0.6 is 0 Å². The van der Waals surface area contributed by atoms with Crippen LogP contribution in [0.25, 0.3) is 0 Å². The van der Waals surface area contributed by atoms with Crippen LogP contribution in [0.2, 0.25) is 0 Å². The number of methoxy groups -OCH3 is 1. The molecule has 5 nitrogen and oxygen atoms in total. The van der Waals surface area contributed by atoms with Crippen molar-refractivity contribution in [3.63, 3.8) is 0 Å². The zero-order valence-electron chi connectivity index (χ0n) is 11.5. The van der Waals surface area contributed by atoms with Gasteiger partial charge in [-0.1, -0.05) is 0 Å². The van der Waals surface area contributed by atoms with Crippen molar-refractivity contribution in [2.24, 2.45) is 5.92 Å². The normalized spacial score (nSPS) is 18.8. The van der Waals surface area contributed by atoms with E-state index in [1.165, 1.54) is 0 Å². The first kappa shape index (κ1) is 13.4. The summed E-state index contributed by atoms with van der Waals surface area (Å²) < 4.78 is 12.9. The summed E-state index contributed by atoms with van der Waals surface area (Å²) >= 11 is 0. The van der Waals surface area contributed by atoms with Crippen LogP contribution in [-0.4, -0.2) is 37.2 Å². The van der Waals surface area contributed by atoms with Crippen molar-refractivity contribution in [1.29, 1.82) is 0 Å². The van der Waals surface area contributed by atoms with Crippen molar-refractivity contribution in [3.8, 4) is 5.75 Å². The predicted molar refractivity (Wildman–Crippen MR) is 69.8 cm³/mol. The van der Waals surface area contributed by atoms with Crippen molar-refractivity contribution in [2.45, 2.75) is 32.4 Å². The smallest absolute Gasteiger partial charge is 0.161 e. The Morgan fingerprint density at radius 2 is 2.28 bits per heavy atom. The average molecular weight is 253 g/mol. The third kappa shape index (κ3) is 2.52. The van der Waals surface area contributed by atoms with Gasteiger partial charge in [0.1, 0.15) is 0 Å². The summed E-state index contributed by atoms with van der Waals surface area (Å²) in [4.78, 5) is 0. The molecule has 1 aromatic rings. The Hall–Kier alpha value is -1.07. The van der Waals surface area contributed by atoms with E-state index < -0.39 is 0 Å². The molecule has 0 saturated carbocycles. The Balaban J connectivity index is 2.27. The van der Waals surface area contributed by atoms with Crippen LogP contribution < -0.4 is 10.1 Å². The van der Waals surface area contributed by atoms with Gasteiger partial charge in [0.05, 0.1) is 25.0 Å². The molecule has 1 N–H and O–H groups in total. The molecule has 2 rings (SSSR count). The van der Waals surface area contributed by atoms with E-state index in [9.17, 15) is 0 Å². The quantitative estimate of drug-likeness (QED) is 0.866. The van der Waals surface area contributed by atoms with Crippen LogP contribution in [0.1, 0.15) is 31.5 Å². The molecule has 0 aromatic carbocycles. The molecule has 1 aliphatic heterocycles. The SMILES string of the molecule is CCn1ncc(OC)c1C(NC)C1CCOCC1. The number of hydrogen-bond acceptors (Lipinski definition) is 4. The maximum Gasteiger partial charge on any atom is 0.161 e. The van der Waals surface area contributed by atoms with Crippen LogP contribution in [-0.2, 0) is 11.3 Å². The summed E-state index contributed by atoms with van der Waals surface area (Å²) in [6.45, 7) is 4.67. The van der Waals surface area contributed by atoms with Crippen molar-refractivity contribution in [2.75, 3.05) is 27.4 Å². The minimum Gasteiger partial charge on any atom is -0.493 e. The van der Waals surface area contributed by atoms with Gasteiger partial charge in [-0.3, -0.25) is 4.68 Å². The lowest BCUT2D eigenvalue weighted by Crippen LogP contribution is -2.32. The van der Waals surface area contributed by atoms with Crippen LogP contribution in [0.15, 0.2) is 6.20 Å². The van der Waals surface area contributed by atoms with E-state index in [0.29, 0.717) is 5.92 Å². The predicted octanol–water partition coefficient (Wildman–Crippen LogP) is 1.60. The molecule has 0 bridgehead atoms. The first-order chi connectivity index (χ1) is 8.81. The van der Waals surface area contributed by atoms with Gasteiger partial charge in [-0.05, 0) is 32.7 Å². The van der Waals surface area contributed by atoms with Crippen molar-refractivity contribution >= 4 is 0 Å². The maximum atomic E-state index is 5.45. The maximum absolute atomic E-state index is 5.45. The summed E-state index contributed by atoms with van der Waals surface area (Å²) in [5, 5.41) is 7.82. The van der Waals surface area contributed by atoms with Gasteiger partial charge >= 0.3 is 0 Å². The molecular weight excluding hydrogens is 230 g/mol. The molecule has 1 aliphatic rings. The number of hydrogen-bond donors (Lipinski definition) is 1. The highest BCUT2D eigenvalue weighted by Crippen LogP contribution is 2.34. The molecular formula is C13H23N3O2. The summed E-state index contributed by atoms with van der Waals surface area (Å²) in [5.74, 6) is 1.46. The van der Waals surface area contributed by atoms with Gasteiger partial charge in [0.25, 0.3) is 0 Å². The molecule has 0 amide bonds. The zero-order valence-corrected chi connectivity index (χ0v) is 11.5. The van der Waals surface area contributed by atoms with Crippen LogP contribution in [0.4, 0.5) is 0 Å². The highest BCUT2D eigenvalue weighted by Gasteiger charge is 2.29. The van der Waals surface area contributed by atoms with Gasteiger partial charge < -0.3 is 14.8 Å². The molecule has 2 heterocycles. The van der Waals surface area contributed by atoms with Crippen molar-refractivity contribution in [1.82, 2.24) is 15.1 Å². The molecule has 102 valence electrons. The van der Waals surface area contributed by atoms with E-state index in [1.54, 1.807) is 7.11 Å². The van der Waals surface area contributed by atoms with E-state index >= 15 is 0 Å². The van der Waals surface area contributed by atoms with Gasteiger partial charge in [-0.25, -0.2) is 0 Å². The molecule has 0 radical (unpaired) electrons. The number of nitrogens with one attached hydrogen (secondary N) is 1. The Morgan fingerprint density at radius 1 is 1.56 bits per heavy atom. The molecule has 1 aromatic heterocycles. The van der Waals surface area contributed by atoms with Crippen LogP contribution in [0, 0.1) is 5.92 Å². The number of ether oxygens (including phenoxy) is 2. The van der Waals surface area contributed by atoms with Crippen molar-refractivity contribution in [3.05, 3.63) is 11.9 Å². The summed E-state index contributed by atoms with van der Waals surface area (Å²) in [7, 11) is 3.71. The fourth-order valence-electron chi connectivity index (χ4n) is 2.75. The van der Waals surface area contributed by atoms with Gasteiger partial charge in [0.2, 0.25) is 0 Å². The largest absolute Gasteiger partial charge is 0.493 e. The average Bonchev–Trinajstić information content (AvgIpc) is 2.84. The number of aryl methyl sites for hydroxylation is 1. The lowest BCUT2D eigenvalue weighted by Gasteiger charge is -2.30. The summed E-state index contributed by atoms with van der Waals surface area (Å²) in [5.41, 5.74) is 1.16. The first-order valence-corrected chi connectivity index (χ1v) is 6.66. The summed E-state index contributed by atoms with van der Waals surface area (Å²) in [6.07, 6.45) is 3.98. The van der Waals surface area contributed by atoms with E-state index in [-0.39, 0.29) is 6.04 Å². The molecule has 0 spiro atoms.